The maximum atomic E-state index is 12.5. The molecule has 1 aromatic rings. The number of hydrogen-bond donors (Lipinski definition) is 2. The highest BCUT2D eigenvalue weighted by atomic mass is 127. The van der Waals surface area contributed by atoms with Crippen molar-refractivity contribution in [1.82, 2.24) is 10.2 Å². The Labute approximate surface area is 180 Å². The summed E-state index contributed by atoms with van der Waals surface area (Å²) in [5.74, 6) is 6.31. The van der Waals surface area contributed by atoms with E-state index in [1.165, 1.54) is 12.1 Å². The molecule has 0 aromatic heterocycles. The topological polar surface area (TPSA) is 70.7 Å². The first-order valence-electron chi connectivity index (χ1n) is 8.69. The second-order valence-corrected chi connectivity index (χ2v) is 6.40. The molecule has 1 aliphatic heterocycles. The number of nitrogens with two attached hydrogens (primary N) is 1. The van der Waals surface area contributed by atoms with Gasteiger partial charge in [0.2, 0.25) is 5.91 Å². The number of likely N-dealkylation sites (tertiary alicyclic amines) is 1. The molecule has 1 heterocycles. The molecular formula is C19H24F3IN4O. The lowest BCUT2D eigenvalue weighted by Crippen LogP contribution is -2.47. The average molecular weight is 508 g/mol. The smallest absolute Gasteiger partial charge is 0.370 e. The zero-order valence-corrected chi connectivity index (χ0v) is 17.9. The van der Waals surface area contributed by atoms with Crippen molar-refractivity contribution < 1.29 is 18.0 Å². The number of halogens is 4. The van der Waals surface area contributed by atoms with Gasteiger partial charge in [-0.2, -0.15) is 13.2 Å². The standard InChI is InChI=1S/C19H23F3N4O.HI/c1-24-18(26-11-3-5-15(13-26)12-17(23)27)25-10-2-4-14-6-8-16(9-7-14)19(20,21)22;/h6-9,15H,3,5,10-13H2,1H3,(H2,23,27)(H,24,25);1H. The molecule has 3 N–H and O–H groups in total. The Kier molecular flexibility index (Phi) is 9.58. The zero-order chi connectivity index (χ0) is 19.9. The van der Waals surface area contributed by atoms with Gasteiger partial charge in [-0.3, -0.25) is 9.79 Å². The van der Waals surface area contributed by atoms with Crippen LogP contribution in [0.4, 0.5) is 13.2 Å². The fourth-order valence-electron chi connectivity index (χ4n) is 3.05. The van der Waals surface area contributed by atoms with E-state index in [0.717, 1.165) is 31.5 Å². The summed E-state index contributed by atoms with van der Waals surface area (Å²) in [7, 11) is 1.67. The number of piperidine rings is 1. The number of carbonyl (C=O) groups excluding carboxylic acids is 1. The first-order chi connectivity index (χ1) is 12.8. The first-order valence-corrected chi connectivity index (χ1v) is 8.69. The molecule has 0 spiro atoms. The molecule has 1 fully saturated rings. The van der Waals surface area contributed by atoms with Gasteiger partial charge in [-0.05, 0) is 43.0 Å². The van der Waals surface area contributed by atoms with Crippen LogP contribution in [-0.4, -0.2) is 43.4 Å². The zero-order valence-electron chi connectivity index (χ0n) is 15.6. The molecule has 1 amide bonds. The van der Waals surface area contributed by atoms with Crippen LogP contribution in [0.5, 0.6) is 0 Å². The molecule has 5 nitrogen and oxygen atoms in total. The predicted octanol–water partition coefficient (Wildman–Crippen LogP) is 2.84. The third-order valence-corrected chi connectivity index (χ3v) is 4.30. The molecule has 1 atom stereocenters. The van der Waals surface area contributed by atoms with Gasteiger partial charge in [0.15, 0.2) is 5.96 Å². The summed E-state index contributed by atoms with van der Waals surface area (Å²) in [4.78, 5) is 17.4. The summed E-state index contributed by atoms with van der Waals surface area (Å²) in [6.45, 7) is 1.85. The number of amides is 1. The molecule has 9 heteroatoms. The van der Waals surface area contributed by atoms with E-state index in [9.17, 15) is 18.0 Å². The molecule has 1 saturated heterocycles. The van der Waals surface area contributed by atoms with E-state index < -0.39 is 11.7 Å². The van der Waals surface area contributed by atoms with Crippen LogP contribution in [-0.2, 0) is 11.0 Å². The number of guanidine groups is 1. The molecule has 1 unspecified atom stereocenters. The van der Waals surface area contributed by atoms with Gasteiger partial charge in [-0.25, -0.2) is 0 Å². The summed E-state index contributed by atoms with van der Waals surface area (Å²) < 4.78 is 37.6. The van der Waals surface area contributed by atoms with Crippen molar-refractivity contribution in [3.63, 3.8) is 0 Å². The van der Waals surface area contributed by atoms with Crippen LogP contribution in [0.1, 0.15) is 30.4 Å². The van der Waals surface area contributed by atoms with Crippen molar-refractivity contribution in [2.45, 2.75) is 25.4 Å². The molecule has 0 aliphatic carbocycles. The molecule has 2 rings (SSSR count). The van der Waals surface area contributed by atoms with Crippen LogP contribution in [0.15, 0.2) is 29.3 Å². The van der Waals surface area contributed by atoms with Gasteiger partial charge in [0.1, 0.15) is 0 Å². The molecule has 1 aromatic carbocycles. The number of hydrogen-bond acceptors (Lipinski definition) is 2. The van der Waals surface area contributed by atoms with E-state index in [4.69, 9.17) is 5.73 Å². The van der Waals surface area contributed by atoms with E-state index in [-0.39, 0.29) is 35.8 Å². The molecule has 28 heavy (non-hydrogen) atoms. The molecule has 1 aliphatic rings. The van der Waals surface area contributed by atoms with Crippen LogP contribution in [0.2, 0.25) is 0 Å². The van der Waals surface area contributed by atoms with Gasteiger partial charge in [0, 0.05) is 32.1 Å². The number of carbonyl (C=O) groups is 1. The normalized spacial score (nSPS) is 17.2. The lowest BCUT2D eigenvalue weighted by atomic mass is 9.95. The second-order valence-electron chi connectivity index (χ2n) is 6.40. The highest BCUT2D eigenvalue weighted by molar-refractivity contribution is 14.0. The Bertz CT molecular complexity index is 738. The van der Waals surface area contributed by atoms with Gasteiger partial charge < -0.3 is 16.0 Å². The Balaban J connectivity index is 0.00000392. The first kappa shape index (κ1) is 24.1. The predicted molar refractivity (Wildman–Crippen MR) is 113 cm³/mol. The number of nitrogens with one attached hydrogen (secondary N) is 1. The Morgan fingerprint density at radius 2 is 2.04 bits per heavy atom. The Morgan fingerprint density at radius 3 is 2.61 bits per heavy atom. The monoisotopic (exact) mass is 508 g/mol. The number of aliphatic imine (C=N–C) groups is 1. The van der Waals surface area contributed by atoms with Crippen molar-refractivity contribution in [3.05, 3.63) is 35.4 Å². The van der Waals surface area contributed by atoms with Gasteiger partial charge >= 0.3 is 6.18 Å². The van der Waals surface area contributed by atoms with Crippen LogP contribution >= 0.6 is 24.0 Å². The minimum atomic E-state index is -4.35. The van der Waals surface area contributed by atoms with Crippen LogP contribution in [0.3, 0.4) is 0 Å². The van der Waals surface area contributed by atoms with E-state index >= 15 is 0 Å². The minimum Gasteiger partial charge on any atom is -0.370 e. The van der Waals surface area contributed by atoms with Crippen molar-refractivity contribution >= 4 is 35.8 Å². The van der Waals surface area contributed by atoms with Gasteiger partial charge in [0.25, 0.3) is 0 Å². The summed E-state index contributed by atoms with van der Waals surface area (Å²) >= 11 is 0. The Morgan fingerprint density at radius 1 is 1.36 bits per heavy atom. The minimum absolute atomic E-state index is 0. The fourth-order valence-corrected chi connectivity index (χ4v) is 3.05. The lowest BCUT2D eigenvalue weighted by Gasteiger charge is -2.34. The van der Waals surface area contributed by atoms with Crippen molar-refractivity contribution in [2.75, 3.05) is 26.7 Å². The van der Waals surface area contributed by atoms with Gasteiger partial charge in [-0.1, -0.05) is 11.8 Å². The highest BCUT2D eigenvalue weighted by Crippen LogP contribution is 2.28. The largest absolute Gasteiger partial charge is 0.416 e. The highest BCUT2D eigenvalue weighted by Gasteiger charge is 2.29. The number of rotatable bonds is 3. The fraction of sp³-hybridized carbons (Fsp3) is 0.474. The van der Waals surface area contributed by atoms with Crippen LogP contribution < -0.4 is 11.1 Å². The summed E-state index contributed by atoms with van der Waals surface area (Å²) in [6, 6.07) is 4.74. The SMILES string of the molecule is CN=C(NCC#Cc1ccc(C(F)(F)F)cc1)N1CCCC(CC(N)=O)C1.I. The van der Waals surface area contributed by atoms with E-state index in [1.807, 2.05) is 0 Å². The number of nitrogens with zero attached hydrogens (tertiary/aromatic N) is 2. The second kappa shape index (κ2) is 11.1. The van der Waals surface area contributed by atoms with Crippen molar-refractivity contribution in [1.29, 1.82) is 0 Å². The molecular weight excluding hydrogens is 484 g/mol. The number of alkyl halides is 3. The van der Waals surface area contributed by atoms with Gasteiger partial charge in [0.05, 0.1) is 12.1 Å². The van der Waals surface area contributed by atoms with E-state index in [1.54, 1.807) is 7.05 Å². The maximum Gasteiger partial charge on any atom is 0.416 e. The Hall–Kier alpha value is -1.96. The van der Waals surface area contributed by atoms with Crippen molar-refractivity contribution in [3.8, 4) is 11.8 Å². The third kappa shape index (κ3) is 7.58. The van der Waals surface area contributed by atoms with Crippen LogP contribution in [0, 0.1) is 17.8 Å². The van der Waals surface area contributed by atoms with E-state index in [0.29, 0.717) is 31.0 Å². The molecule has 154 valence electrons. The van der Waals surface area contributed by atoms with Crippen LogP contribution in [0.25, 0.3) is 0 Å². The molecule has 0 saturated carbocycles. The summed E-state index contributed by atoms with van der Waals surface area (Å²) in [5, 5.41) is 3.13. The maximum absolute atomic E-state index is 12.5. The molecule has 0 radical (unpaired) electrons. The summed E-state index contributed by atoms with van der Waals surface area (Å²) in [6.07, 6.45) is -2.07. The summed E-state index contributed by atoms with van der Waals surface area (Å²) in [5.41, 5.74) is 5.10. The number of primary amides is 1. The lowest BCUT2D eigenvalue weighted by molar-refractivity contribution is -0.137. The molecule has 0 bridgehead atoms. The van der Waals surface area contributed by atoms with Gasteiger partial charge in [-0.15, -0.1) is 24.0 Å². The van der Waals surface area contributed by atoms with Crippen molar-refractivity contribution in [2.24, 2.45) is 16.6 Å². The quantitative estimate of drug-likeness (QED) is 0.286. The number of benzene rings is 1. The third-order valence-electron chi connectivity index (χ3n) is 4.30. The van der Waals surface area contributed by atoms with E-state index in [2.05, 4.69) is 27.0 Å². The average Bonchev–Trinajstić information content (AvgIpc) is 2.61.